The highest BCUT2D eigenvalue weighted by Gasteiger charge is 2.26. The van der Waals surface area contributed by atoms with Gasteiger partial charge in [-0.3, -0.25) is 14.5 Å². The summed E-state index contributed by atoms with van der Waals surface area (Å²) in [6.07, 6.45) is 1.70. The first kappa shape index (κ1) is 18.2. The van der Waals surface area contributed by atoms with Gasteiger partial charge in [-0.1, -0.05) is 23.4 Å². The van der Waals surface area contributed by atoms with Crippen molar-refractivity contribution in [2.45, 2.75) is 26.4 Å². The van der Waals surface area contributed by atoms with Gasteiger partial charge < -0.3 is 5.32 Å². The van der Waals surface area contributed by atoms with Gasteiger partial charge in [0.1, 0.15) is 11.3 Å². The third-order valence-electron chi connectivity index (χ3n) is 4.98. The van der Waals surface area contributed by atoms with Crippen LogP contribution in [0.4, 0.5) is 5.82 Å². The van der Waals surface area contributed by atoms with Crippen molar-refractivity contribution in [3.05, 3.63) is 58.5 Å². The standard InChI is InChI=1S/C20H22N6O2/c1-14-6-4-10-18(21-14)22-19(27)15-7-5-11-25(12-15)13-26-20(28)16-8-2-3-9-17(16)23-24-26/h2-4,6,8-10,15H,5,7,11-13H2,1H3,(H,21,22,27). The van der Waals surface area contributed by atoms with Crippen LogP contribution in [0.2, 0.25) is 0 Å². The Morgan fingerprint density at radius 3 is 2.93 bits per heavy atom. The number of amides is 1. The van der Waals surface area contributed by atoms with Crippen LogP contribution >= 0.6 is 0 Å². The maximum absolute atomic E-state index is 12.6. The molecule has 1 amide bonds. The van der Waals surface area contributed by atoms with Crippen molar-refractivity contribution in [1.29, 1.82) is 0 Å². The largest absolute Gasteiger partial charge is 0.310 e. The smallest absolute Gasteiger partial charge is 0.278 e. The van der Waals surface area contributed by atoms with Crippen molar-refractivity contribution in [1.82, 2.24) is 24.9 Å². The minimum absolute atomic E-state index is 0.0419. The second-order valence-electron chi connectivity index (χ2n) is 7.12. The molecular weight excluding hydrogens is 356 g/mol. The number of nitrogens with zero attached hydrogens (tertiary/aromatic N) is 5. The number of fused-ring (bicyclic) bond motifs is 1. The van der Waals surface area contributed by atoms with Crippen molar-refractivity contribution in [2.75, 3.05) is 18.4 Å². The van der Waals surface area contributed by atoms with Crippen LogP contribution in [0.25, 0.3) is 10.9 Å². The van der Waals surface area contributed by atoms with Crippen molar-refractivity contribution in [2.24, 2.45) is 5.92 Å². The monoisotopic (exact) mass is 378 g/mol. The van der Waals surface area contributed by atoms with Crippen molar-refractivity contribution < 1.29 is 4.79 Å². The molecule has 8 heteroatoms. The Kier molecular flexibility index (Phi) is 5.12. The third kappa shape index (κ3) is 3.91. The first-order valence-corrected chi connectivity index (χ1v) is 9.39. The van der Waals surface area contributed by atoms with E-state index >= 15 is 0 Å². The molecule has 1 saturated heterocycles. The fraction of sp³-hybridized carbons (Fsp3) is 0.350. The van der Waals surface area contributed by atoms with E-state index in [1.165, 1.54) is 4.68 Å². The molecule has 1 aliphatic heterocycles. The number of benzene rings is 1. The highest BCUT2D eigenvalue weighted by atomic mass is 16.2. The van der Waals surface area contributed by atoms with Gasteiger partial charge in [-0.15, -0.1) is 5.10 Å². The number of likely N-dealkylation sites (tertiary alicyclic amines) is 1. The van der Waals surface area contributed by atoms with Crippen molar-refractivity contribution in [3.8, 4) is 0 Å². The van der Waals surface area contributed by atoms with Crippen LogP contribution in [0.3, 0.4) is 0 Å². The number of hydrogen-bond donors (Lipinski definition) is 1. The predicted octanol–water partition coefficient (Wildman–Crippen LogP) is 1.80. The lowest BCUT2D eigenvalue weighted by Gasteiger charge is -2.31. The summed E-state index contributed by atoms with van der Waals surface area (Å²) in [5.74, 6) is 0.374. The summed E-state index contributed by atoms with van der Waals surface area (Å²) in [6, 6.07) is 12.7. The number of rotatable bonds is 4. The molecule has 0 spiro atoms. The summed E-state index contributed by atoms with van der Waals surface area (Å²) in [5, 5.41) is 11.6. The summed E-state index contributed by atoms with van der Waals surface area (Å²) >= 11 is 0. The maximum atomic E-state index is 12.6. The van der Waals surface area contributed by atoms with E-state index in [0.29, 0.717) is 29.9 Å². The number of carbonyl (C=O) groups excluding carboxylic acids is 1. The molecule has 0 aliphatic carbocycles. The van der Waals surface area contributed by atoms with E-state index in [2.05, 4.69) is 25.5 Å². The molecule has 0 radical (unpaired) electrons. The Morgan fingerprint density at radius 1 is 1.21 bits per heavy atom. The number of anilines is 1. The Balaban J connectivity index is 1.45. The minimum Gasteiger partial charge on any atom is -0.310 e. The molecule has 1 aliphatic rings. The number of pyridine rings is 1. The summed E-state index contributed by atoms with van der Waals surface area (Å²) in [4.78, 5) is 31.7. The molecule has 1 N–H and O–H groups in total. The first-order chi connectivity index (χ1) is 13.6. The van der Waals surface area contributed by atoms with Crippen LogP contribution in [0, 0.1) is 12.8 Å². The Morgan fingerprint density at radius 2 is 2.07 bits per heavy atom. The zero-order valence-corrected chi connectivity index (χ0v) is 15.7. The molecule has 1 aromatic carbocycles. The lowest BCUT2D eigenvalue weighted by Crippen LogP contribution is -2.43. The zero-order chi connectivity index (χ0) is 19.5. The molecule has 4 rings (SSSR count). The maximum Gasteiger partial charge on any atom is 0.278 e. The summed E-state index contributed by atoms with van der Waals surface area (Å²) in [5.41, 5.74) is 1.28. The molecule has 1 unspecified atom stereocenters. The van der Waals surface area contributed by atoms with E-state index in [4.69, 9.17) is 0 Å². The average molecular weight is 378 g/mol. The van der Waals surface area contributed by atoms with Gasteiger partial charge in [0, 0.05) is 12.2 Å². The Labute approximate surface area is 162 Å². The summed E-state index contributed by atoms with van der Waals surface area (Å²) in [6.45, 7) is 3.59. The molecule has 28 heavy (non-hydrogen) atoms. The van der Waals surface area contributed by atoms with Gasteiger partial charge in [0.2, 0.25) is 5.91 Å². The molecule has 8 nitrogen and oxygen atoms in total. The van der Waals surface area contributed by atoms with Crippen LogP contribution in [-0.4, -0.2) is 43.9 Å². The van der Waals surface area contributed by atoms with E-state index in [1.807, 2.05) is 31.2 Å². The molecule has 1 fully saturated rings. The molecule has 144 valence electrons. The van der Waals surface area contributed by atoms with Gasteiger partial charge in [-0.25, -0.2) is 4.98 Å². The lowest BCUT2D eigenvalue weighted by atomic mass is 9.97. The zero-order valence-electron chi connectivity index (χ0n) is 15.7. The van der Waals surface area contributed by atoms with Crippen molar-refractivity contribution in [3.63, 3.8) is 0 Å². The molecule has 0 bridgehead atoms. The molecular formula is C20H22N6O2. The second-order valence-corrected chi connectivity index (χ2v) is 7.12. The lowest BCUT2D eigenvalue weighted by molar-refractivity contribution is -0.121. The SMILES string of the molecule is Cc1cccc(NC(=O)C2CCCN(Cn3nnc4ccccc4c3=O)C2)n1. The highest BCUT2D eigenvalue weighted by Crippen LogP contribution is 2.19. The van der Waals surface area contributed by atoms with E-state index in [-0.39, 0.29) is 17.4 Å². The quantitative estimate of drug-likeness (QED) is 0.744. The Hall–Kier alpha value is -3.13. The second kappa shape index (κ2) is 7.85. The minimum atomic E-state index is -0.166. The topological polar surface area (TPSA) is 93.0 Å². The van der Waals surface area contributed by atoms with E-state index in [9.17, 15) is 9.59 Å². The third-order valence-corrected chi connectivity index (χ3v) is 4.98. The molecule has 2 aromatic heterocycles. The van der Waals surface area contributed by atoms with Crippen molar-refractivity contribution >= 4 is 22.6 Å². The molecule has 0 saturated carbocycles. The fourth-order valence-corrected chi connectivity index (χ4v) is 3.54. The van der Waals surface area contributed by atoms with Crippen LogP contribution in [0.15, 0.2) is 47.3 Å². The van der Waals surface area contributed by atoms with Crippen LogP contribution in [0.5, 0.6) is 0 Å². The number of piperidine rings is 1. The summed E-state index contributed by atoms with van der Waals surface area (Å²) < 4.78 is 1.37. The van der Waals surface area contributed by atoms with Gasteiger partial charge in [0.15, 0.2) is 0 Å². The molecule has 3 heterocycles. The van der Waals surface area contributed by atoms with E-state index < -0.39 is 0 Å². The van der Waals surface area contributed by atoms with E-state index in [1.54, 1.807) is 18.2 Å². The average Bonchev–Trinajstić information content (AvgIpc) is 2.70. The molecule has 3 aromatic rings. The number of aryl methyl sites for hydroxylation is 1. The van der Waals surface area contributed by atoms with Gasteiger partial charge >= 0.3 is 0 Å². The first-order valence-electron chi connectivity index (χ1n) is 9.39. The predicted molar refractivity (Wildman–Crippen MR) is 106 cm³/mol. The van der Waals surface area contributed by atoms with Crippen LogP contribution in [-0.2, 0) is 11.5 Å². The summed E-state index contributed by atoms with van der Waals surface area (Å²) in [7, 11) is 0. The van der Waals surface area contributed by atoms with Gasteiger partial charge in [-0.05, 0) is 50.6 Å². The van der Waals surface area contributed by atoms with Gasteiger partial charge in [0.25, 0.3) is 5.56 Å². The number of aromatic nitrogens is 4. The van der Waals surface area contributed by atoms with Crippen LogP contribution in [0.1, 0.15) is 18.5 Å². The fourth-order valence-electron chi connectivity index (χ4n) is 3.54. The van der Waals surface area contributed by atoms with Crippen LogP contribution < -0.4 is 10.9 Å². The number of hydrogen-bond acceptors (Lipinski definition) is 6. The van der Waals surface area contributed by atoms with Gasteiger partial charge in [-0.2, -0.15) is 4.68 Å². The normalized spacial score (nSPS) is 17.5. The number of nitrogens with one attached hydrogen (secondary N) is 1. The molecule has 1 atom stereocenters. The highest BCUT2D eigenvalue weighted by molar-refractivity contribution is 5.91. The van der Waals surface area contributed by atoms with E-state index in [0.717, 1.165) is 25.1 Å². The Bertz CT molecular complexity index is 1060. The number of carbonyl (C=O) groups is 1. The van der Waals surface area contributed by atoms with Gasteiger partial charge in [0.05, 0.1) is 18.0 Å².